The fourth-order valence-electron chi connectivity index (χ4n) is 1.68. The van der Waals surface area contributed by atoms with E-state index in [0.29, 0.717) is 21.4 Å². The Balaban J connectivity index is 0.00000200. The molecule has 2 aromatic carbocycles. The Morgan fingerprint density at radius 2 is 1.80 bits per heavy atom. The molecule has 2 N–H and O–H groups in total. The van der Waals surface area contributed by atoms with E-state index in [4.69, 9.17) is 28.3 Å². The summed E-state index contributed by atoms with van der Waals surface area (Å²) >= 11 is 12.3. The summed E-state index contributed by atoms with van der Waals surface area (Å²) in [7, 11) is 0. The molecule has 0 aromatic heterocycles. The number of carboxylic acids is 1. The van der Waals surface area contributed by atoms with E-state index in [1.165, 1.54) is 6.07 Å². The van der Waals surface area contributed by atoms with Gasteiger partial charge in [-0.3, -0.25) is 0 Å². The van der Waals surface area contributed by atoms with Crippen molar-refractivity contribution in [3.05, 3.63) is 57.6 Å². The first-order valence-corrected chi connectivity index (χ1v) is 6.30. The van der Waals surface area contributed by atoms with E-state index in [1.807, 2.05) is 6.92 Å². The zero-order chi connectivity index (χ0) is 14.0. The minimum Gasteiger partial charge on any atom is -0.478 e. The van der Waals surface area contributed by atoms with E-state index in [2.05, 4.69) is 5.32 Å². The van der Waals surface area contributed by atoms with Crippen molar-refractivity contribution in [1.82, 2.24) is 0 Å². The van der Waals surface area contributed by atoms with E-state index in [-0.39, 0.29) is 18.0 Å². The lowest BCUT2D eigenvalue weighted by molar-refractivity contribution is 0.0698. The molecule has 0 fully saturated rings. The minimum absolute atomic E-state index is 0. The molecule has 0 bridgehead atoms. The molecule has 0 saturated carbocycles. The number of aryl methyl sites for hydroxylation is 1. The summed E-state index contributed by atoms with van der Waals surface area (Å²) in [5.41, 5.74) is 1.99. The van der Waals surface area contributed by atoms with Gasteiger partial charge in [-0.1, -0.05) is 41.4 Å². The average Bonchev–Trinajstić information content (AvgIpc) is 2.39. The molecule has 0 unspecified atom stereocenters. The Morgan fingerprint density at radius 3 is 2.45 bits per heavy atom. The molecule has 0 radical (unpaired) electrons. The molecule has 0 aliphatic carbocycles. The number of benzene rings is 2. The highest BCUT2D eigenvalue weighted by Crippen LogP contribution is 2.35. The van der Waals surface area contributed by atoms with Crippen LogP contribution in [0.3, 0.4) is 0 Å². The second kappa shape index (κ2) is 6.84. The van der Waals surface area contributed by atoms with Crippen molar-refractivity contribution in [3.8, 4) is 0 Å². The molecule has 0 heterocycles. The molecule has 0 aliphatic rings. The molecular formula is C14H12Cl3NO2. The Kier molecular flexibility index (Phi) is 5.69. The molecule has 0 aliphatic heterocycles. The lowest BCUT2D eigenvalue weighted by Crippen LogP contribution is -2.03. The molecule has 20 heavy (non-hydrogen) atoms. The molecule has 0 amide bonds. The first kappa shape index (κ1) is 16.6. The predicted molar refractivity (Wildman–Crippen MR) is 85.1 cm³/mol. The number of hydrogen-bond acceptors (Lipinski definition) is 2. The molecule has 2 rings (SSSR count). The second-order valence-electron chi connectivity index (χ2n) is 4.03. The van der Waals surface area contributed by atoms with Crippen LogP contribution in [-0.2, 0) is 0 Å². The molecule has 106 valence electrons. The largest absolute Gasteiger partial charge is 0.478 e. The highest BCUT2D eigenvalue weighted by molar-refractivity contribution is 6.39. The van der Waals surface area contributed by atoms with E-state index in [0.717, 1.165) is 5.56 Å². The van der Waals surface area contributed by atoms with Crippen molar-refractivity contribution in [1.29, 1.82) is 0 Å². The summed E-state index contributed by atoms with van der Waals surface area (Å²) in [4.78, 5) is 11.1. The fourth-order valence-corrected chi connectivity index (χ4v) is 2.15. The zero-order valence-electron chi connectivity index (χ0n) is 10.5. The fraction of sp³-hybridized carbons (Fsp3) is 0.0714. The van der Waals surface area contributed by atoms with Crippen molar-refractivity contribution in [3.63, 3.8) is 0 Å². The van der Waals surface area contributed by atoms with Gasteiger partial charge in [0, 0.05) is 0 Å². The quantitative estimate of drug-likeness (QED) is 0.815. The standard InChI is InChI=1S/C14H11Cl2NO2.ClH/c1-8-6-7-10(15)13(12(8)16)17-11-5-3-2-4-9(11)14(18)19;/h2-7,17H,1H3,(H,18,19);1H. The Morgan fingerprint density at radius 1 is 1.15 bits per heavy atom. The topological polar surface area (TPSA) is 49.3 Å². The molecule has 0 saturated heterocycles. The number of carbonyl (C=O) groups is 1. The highest BCUT2D eigenvalue weighted by atomic mass is 35.5. The first-order chi connectivity index (χ1) is 9.00. The molecule has 6 heteroatoms. The van der Waals surface area contributed by atoms with Crippen molar-refractivity contribution in [2.45, 2.75) is 6.92 Å². The van der Waals surface area contributed by atoms with Gasteiger partial charge in [0.2, 0.25) is 0 Å². The number of hydrogen-bond donors (Lipinski definition) is 2. The summed E-state index contributed by atoms with van der Waals surface area (Å²) in [6, 6.07) is 10.1. The highest BCUT2D eigenvalue weighted by Gasteiger charge is 2.13. The van der Waals surface area contributed by atoms with Gasteiger partial charge < -0.3 is 10.4 Å². The van der Waals surface area contributed by atoms with Crippen LogP contribution in [0.2, 0.25) is 10.0 Å². The minimum atomic E-state index is -1.01. The lowest BCUT2D eigenvalue weighted by Gasteiger charge is -2.13. The van der Waals surface area contributed by atoms with Gasteiger partial charge in [0.05, 0.1) is 27.0 Å². The number of nitrogens with one attached hydrogen (secondary N) is 1. The molecule has 0 spiro atoms. The van der Waals surface area contributed by atoms with Gasteiger partial charge in [0.1, 0.15) is 0 Å². The summed E-state index contributed by atoms with van der Waals surface area (Å²) in [6.07, 6.45) is 0. The van der Waals surface area contributed by atoms with Crippen LogP contribution in [-0.4, -0.2) is 11.1 Å². The molecule has 0 atom stereocenters. The normalized spacial score (nSPS) is 9.75. The molecule has 2 aromatic rings. The number of halogens is 3. The van der Waals surface area contributed by atoms with Crippen LogP contribution in [0.4, 0.5) is 11.4 Å². The van der Waals surface area contributed by atoms with E-state index in [9.17, 15) is 4.79 Å². The van der Waals surface area contributed by atoms with Crippen LogP contribution >= 0.6 is 35.6 Å². The number of rotatable bonds is 3. The summed E-state index contributed by atoms with van der Waals surface area (Å²) in [5.74, 6) is -1.01. The van der Waals surface area contributed by atoms with Gasteiger partial charge in [0.25, 0.3) is 0 Å². The number of anilines is 2. The van der Waals surface area contributed by atoms with Crippen LogP contribution in [0.5, 0.6) is 0 Å². The summed E-state index contributed by atoms with van der Waals surface area (Å²) < 4.78 is 0. The molecular weight excluding hydrogens is 321 g/mol. The third-order valence-corrected chi connectivity index (χ3v) is 3.50. The predicted octanol–water partition coefficient (Wildman–Crippen LogP) is 5.17. The smallest absolute Gasteiger partial charge is 0.337 e. The van der Waals surface area contributed by atoms with E-state index < -0.39 is 5.97 Å². The lowest BCUT2D eigenvalue weighted by atomic mass is 10.1. The van der Waals surface area contributed by atoms with Gasteiger partial charge in [0.15, 0.2) is 0 Å². The van der Waals surface area contributed by atoms with Crippen molar-refractivity contribution < 1.29 is 9.90 Å². The van der Waals surface area contributed by atoms with Crippen molar-refractivity contribution in [2.24, 2.45) is 0 Å². The number of aromatic carboxylic acids is 1. The molecule has 3 nitrogen and oxygen atoms in total. The third kappa shape index (κ3) is 3.37. The monoisotopic (exact) mass is 331 g/mol. The zero-order valence-corrected chi connectivity index (χ0v) is 12.8. The first-order valence-electron chi connectivity index (χ1n) is 5.54. The maximum atomic E-state index is 11.1. The van der Waals surface area contributed by atoms with Crippen LogP contribution in [0.25, 0.3) is 0 Å². The average molecular weight is 333 g/mol. The maximum absolute atomic E-state index is 11.1. The third-order valence-electron chi connectivity index (χ3n) is 2.70. The van der Waals surface area contributed by atoms with Crippen molar-refractivity contribution >= 4 is 53.0 Å². The number of carboxylic acid groups (broad SMARTS) is 1. The van der Waals surface area contributed by atoms with Gasteiger partial charge in [-0.25, -0.2) is 4.79 Å². The van der Waals surface area contributed by atoms with E-state index >= 15 is 0 Å². The maximum Gasteiger partial charge on any atom is 0.337 e. The Hall–Kier alpha value is -1.42. The van der Waals surface area contributed by atoms with Crippen LogP contribution in [0, 0.1) is 6.92 Å². The Bertz CT molecular complexity index is 644. The Labute approximate surface area is 132 Å². The van der Waals surface area contributed by atoms with Gasteiger partial charge in [-0.15, -0.1) is 12.4 Å². The van der Waals surface area contributed by atoms with Crippen molar-refractivity contribution in [2.75, 3.05) is 5.32 Å². The number of para-hydroxylation sites is 1. The SMILES string of the molecule is Cc1ccc(Cl)c(Nc2ccccc2C(=O)O)c1Cl.Cl. The second-order valence-corrected chi connectivity index (χ2v) is 4.81. The van der Waals surface area contributed by atoms with Gasteiger partial charge in [-0.05, 0) is 30.7 Å². The summed E-state index contributed by atoms with van der Waals surface area (Å²) in [6.45, 7) is 1.85. The van der Waals surface area contributed by atoms with Gasteiger partial charge >= 0.3 is 5.97 Å². The van der Waals surface area contributed by atoms with Crippen LogP contribution in [0.15, 0.2) is 36.4 Å². The van der Waals surface area contributed by atoms with E-state index in [1.54, 1.807) is 30.3 Å². The van der Waals surface area contributed by atoms with Crippen LogP contribution < -0.4 is 5.32 Å². The van der Waals surface area contributed by atoms with Crippen LogP contribution in [0.1, 0.15) is 15.9 Å². The van der Waals surface area contributed by atoms with Gasteiger partial charge in [-0.2, -0.15) is 0 Å². The summed E-state index contributed by atoms with van der Waals surface area (Å²) in [5, 5.41) is 13.0.